The molecule has 0 aliphatic carbocycles. The normalized spacial score (nSPS) is 10.2. The number of hydrogen-bond acceptors (Lipinski definition) is 4. The number of nitrogens with zero attached hydrogens (tertiary/aromatic N) is 2. The van der Waals surface area contributed by atoms with Crippen LogP contribution in [0.15, 0.2) is 24.5 Å². The number of aromatic nitrogens is 3. The molecule has 0 saturated heterocycles. The van der Waals surface area contributed by atoms with Crippen LogP contribution in [0.25, 0.3) is 11.3 Å². The number of nitrogens with one attached hydrogen (secondary N) is 1. The fourth-order valence-electron chi connectivity index (χ4n) is 1.53. The fraction of sp³-hybridized carbons (Fsp3) is 0.250. The molecule has 0 aliphatic heterocycles. The Morgan fingerprint density at radius 2 is 2.18 bits per heavy atom. The van der Waals surface area contributed by atoms with E-state index in [1.54, 1.807) is 12.4 Å². The summed E-state index contributed by atoms with van der Waals surface area (Å²) in [6, 6.07) is 3.84. The van der Waals surface area contributed by atoms with Gasteiger partial charge in [0.2, 0.25) is 0 Å². The third kappa shape index (κ3) is 2.88. The first-order valence-electron chi connectivity index (χ1n) is 5.35. The highest BCUT2D eigenvalue weighted by Gasteiger charge is 2.03. The van der Waals surface area contributed by atoms with Crippen molar-refractivity contribution in [1.82, 2.24) is 15.0 Å². The minimum atomic E-state index is 0.474. The zero-order chi connectivity index (χ0) is 12.3. The highest BCUT2D eigenvalue weighted by atomic mass is 32.1. The number of ether oxygens (including phenoxy) is 1. The molecule has 0 amide bonds. The van der Waals surface area contributed by atoms with Crippen LogP contribution in [0.2, 0.25) is 0 Å². The van der Waals surface area contributed by atoms with Gasteiger partial charge < -0.3 is 9.72 Å². The second kappa shape index (κ2) is 5.05. The largest absolute Gasteiger partial charge is 0.492 e. The van der Waals surface area contributed by atoms with Gasteiger partial charge in [-0.05, 0) is 38.2 Å². The predicted octanol–water partition coefficient (Wildman–Crippen LogP) is 2.91. The van der Waals surface area contributed by atoms with Gasteiger partial charge in [0.15, 0.2) is 4.77 Å². The van der Waals surface area contributed by atoms with Crippen molar-refractivity contribution < 1.29 is 4.74 Å². The van der Waals surface area contributed by atoms with E-state index in [4.69, 9.17) is 17.0 Å². The summed E-state index contributed by atoms with van der Waals surface area (Å²) >= 11 is 5.05. The van der Waals surface area contributed by atoms with E-state index in [9.17, 15) is 0 Å². The van der Waals surface area contributed by atoms with Crippen molar-refractivity contribution >= 4 is 12.2 Å². The van der Waals surface area contributed by atoms with Crippen LogP contribution in [0.1, 0.15) is 12.6 Å². The zero-order valence-corrected chi connectivity index (χ0v) is 10.5. The number of pyridine rings is 1. The molecule has 0 saturated carbocycles. The third-order valence-corrected chi connectivity index (χ3v) is 2.39. The van der Waals surface area contributed by atoms with Crippen molar-refractivity contribution in [1.29, 1.82) is 0 Å². The number of aryl methyl sites for hydroxylation is 1. The van der Waals surface area contributed by atoms with E-state index < -0.39 is 0 Å². The molecule has 0 aliphatic rings. The number of hydrogen-bond donors (Lipinski definition) is 1. The van der Waals surface area contributed by atoms with Gasteiger partial charge in [0, 0.05) is 17.5 Å². The highest BCUT2D eigenvalue weighted by molar-refractivity contribution is 7.71. The summed E-state index contributed by atoms with van der Waals surface area (Å²) in [5.74, 6) is 0.739. The standard InChI is InChI=1S/C12H13N3OS/c1-3-16-10-5-9(6-13-7-10)11-4-8(2)14-12(17)15-11/h4-7H,3H2,1-2H3,(H,14,15,17). The second-order valence-corrected chi connectivity index (χ2v) is 3.98. The quantitative estimate of drug-likeness (QED) is 0.847. The van der Waals surface area contributed by atoms with Crippen LogP contribution in [0.5, 0.6) is 5.75 Å². The van der Waals surface area contributed by atoms with Crippen LogP contribution < -0.4 is 4.74 Å². The van der Waals surface area contributed by atoms with E-state index in [1.165, 1.54) is 0 Å². The summed E-state index contributed by atoms with van der Waals surface area (Å²) < 4.78 is 5.88. The minimum Gasteiger partial charge on any atom is -0.492 e. The Morgan fingerprint density at radius 1 is 1.35 bits per heavy atom. The number of aromatic amines is 1. The van der Waals surface area contributed by atoms with Gasteiger partial charge >= 0.3 is 0 Å². The Morgan fingerprint density at radius 3 is 2.88 bits per heavy atom. The lowest BCUT2D eigenvalue weighted by Crippen LogP contribution is -1.94. The Hall–Kier alpha value is -1.75. The van der Waals surface area contributed by atoms with Gasteiger partial charge in [-0.3, -0.25) is 4.98 Å². The maximum absolute atomic E-state index is 5.40. The van der Waals surface area contributed by atoms with Gasteiger partial charge in [-0.25, -0.2) is 4.98 Å². The summed E-state index contributed by atoms with van der Waals surface area (Å²) in [6.07, 6.45) is 3.43. The van der Waals surface area contributed by atoms with Gasteiger partial charge in [-0.2, -0.15) is 0 Å². The third-order valence-electron chi connectivity index (χ3n) is 2.20. The molecule has 1 N–H and O–H groups in total. The molecule has 0 radical (unpaired) electrons. The van der Waals surface area contributed by atoms with Crippen LogP contribution in [0, 0.1) is 11.7 Å². The van der Waals surface area contributed by atoms with Crippen molar-refractivity contribution in [3.05, 3.63) is 35.0 Å². The molecule has 0 atom stereocenters. The molecule has 4 nitrogen and oxygen atoms in total. The summed E-state index contributed by atoms with van der Waals surface area (Å²) in [6.45, 7) is 4.50. The fourth-order valence-corrected chi connectivity index (χ4v) is 1.79. The topological polar surface area (TPSA) is 50.8 Å². The van der Waals surface area contributed by atoms with Gasteiger partial charge in [0.05, 0.1) is 18.5 Å². The molecular weight excluding hydrogens is 234 g/mol. The monoisotopic (exact) mass is 247 g/mol. The van der Waals surface area contributed by atoms with Crippen molar-refractivity contribution in [2.24, 2.45) is 0 Å². The lowest BCUT2D eigenvalue weighted by molar-refractivity contribution is 0.339. The average Bonchev–Trinajstić information content (AvgIpc) is 2.28. The molecule has 17 heavy (non-hydrogen) atoms. The maximum Gasteiger partial charge on any atom is 0.197 e. The summed E-state index contributed by atoms with van der Waals surface area (Å²) in [5.41, 5.74) is 2.68. The van der Waals surface area contributed by atoms with Crippen LogP contribution >= 0.6 is 12.2 Å². The van der Waals surface area contributed by atoms with Crippen LogP contribution in [0.3, 0.4) is 0 Å². The molecule has 0 unspecified atom stereocenters. The van der Waals surface area contributed by atoms with E-state index in [0.717, 1.165) is 22.7 Å². The molecule has 2 aromatic heterocycles. The van der Waals surface area contributed by atoms with Crippen molar-refractivity contribution in [2.45, 2.75) is 13.8 Å². The molecule has 2 rings (SSSR count). The Labute approximate surface area is 105 Å². The van der Waals surface area contributed by atoms with Gasteiger partial charge in [0.25, 0.3) is 0 Å². The van der Waals surface area contributed by atoms with E-state index in [-0.39, 0.29) is 0 Å². The molecular formula is C12H13N3OS. The van der Waals surface area contributed by atoms with E-state index in [1.807, 2.05) is 26.0 Å². The smallest absolute Gasteiger partial charge is 0.197 e. The maximum atomic E-state index is 5.40. The molecule has 0 spiro atoms. The number of H-pyrrole nitrogens is 1. The molecule has 0 bridgehead atoms. The van der Waals surface area contributed by atoms with Crippen LogP contribution in [-0.2, 0) is 0 Å². The van der Waals surface area contributed by atoms with E-state index in [2.05, 4.69) is 15.0 Å². The summed E-state index contributed by atoms with van der Waals surface area (Å²) in [5, 5.41) is 0. The zero-order valence-electron chi connectivity index (χ0n) is 9.73. The van der Waals surface area contributed by atoms with E-state index >= 15 is 0 Å². The minimum absolute atomic E-state index is 0.474. The Bertz CT molecular complexity index is 580. The summed E-state index contributed by atoms with van der Waals surface area (Å²) in [4.78, 5) is 11.4. The lowest BCUT2D eigenvalue weighted by Gasteiger charge is -2.05. The first-order chi connectivity index (χ1) is 8.19. The summed E-state index contributed by atoms with van der Waals surface area (Å²) in [7, 11) is 0. The first kappa shape index (κ1) is 11.7. The van der Waals surface area contributed by atoms with Crippen LogP contribution in [0.4, 0.5) is 0 Å². The van der Waals surface area contributed by atoms with Crippen molar-refractivity contribution in [3.63, 3.8) is 0 Å². The lowest BCUT2D eigenvalue weighted by atomic mass is 10.2. The molecule has 0 aromatic carbocycles. The van der Waals surface area contributed by atoms with Crippen molar-refractivity contribution in [3.8, 4) is 17.0 Å². The van der Waals surface area contributed by atoms with Gasteiger partial charge in [-0.15, -0.1) is 0 Å². The Balaban J connectivity index is 2.45. The predicted molar refractivity (Wildman–Crippen MR) is 68.6 cm³/mol. The average molecular weight is 247 g/mol. The Kier molecular flexibility index (Phi) is 3.49. The van der Waals surface area contributed by atoms with Crippen LogP contribution in [-0.4, -0.2) is 21.6 Å². The molecule has 5 heteroatoms. The SMILES string of the molecule is CCOc1cncc(-c2cc(C)[nH]c(=S)n2)c1. The van der Waals surface area contributed by atoms with E-state index in [0.29, 0.717) is 11.4 Å². The molecule has 2 heterocycles. The molecule has 2 aromatic rings. The van der Waals surface area contributed by atoms with Gasteiger partial charge in [0.1, 0.15) is 5.75 Å². The van der Waals surface area contributed by atoms with Gasteiger partial charge in [-0.1, -0.05) is 0 Å². The second-order valence-electron chi connectivity index (χ2n) is 3.60. The highest BCUT2D eigenvalue weighted by Crippen LogP contribution is 2.20. The number of rotatable bonds is 3. The molecule has 88 valence electrons. The molecule has 0 fully saturated rings. The van der Waals surface area contributed by atoms with Crippen molar-refractivity contribution in [2.75, 3.05) is 6.61 Å². The first-order valence-corrected chi connectivity index (χ1v) is 5.76.